The molecule has 5 heteroatoms. The lowest BCUT2D eigenvalue weighted by Crippen LogP contribution is -2.30. The topological polar surface area (TPSA) is 75.6 Å². The van der Waals surface area contributed by atoms with Crippen molar-refractivity contribution in [1.29, 1.82) is 0 Å². The molecule has 0 aromatic rings. The lowest BCUT2D eigenvalue weighted by atomic mass is 9.85. The number of hydrogen-bond acceptors (Lipinski definition) is 3. The maximum Gasteiger partial charge on any atom is 0.303 e. The first-order valence-corrected chi connectivity index (χ1v) is 6.35. The molecule has 0 fully saturated rings. The second kappa shape index (κ2) is 8.91. The van der Waals surface area contributed by atoms with E-state index < -0.39 is 11.4 Å². The van der Waals surface area contributed by atoms with Gasteiger partial charge in [-0.1, -0.05) is 13.8 Å². The van der Waals surface area contributed by atoms with Gasteiger partial charge in [-0.25, -0.2) is 0 Å². The number of nitrogens with one attached hydrogen (secondary N) is 1. The minimum atomic E-state index is -0.868. The minimum Gasteiger partial charge on any atom is -0.481 e. The average Bonchev–Trinajstić information content (AvgIpc) is 2.20. The van der Waals surface area contributed by atoms with Gasteiger partial charge >= 0.3 is 5.97 Å². The van der Waals surface area contributed by atoms with Crippen LogP contribution in [0, 0.1) is 5.41 Å². The molecule has 0 bridgehead atoms. The number of aliphatic carboxylic acids is 1. The fourth-order valence-corrected chi connectivity index (χ4v) is 1.75. The van der Waals surface area contributed by atoms with Crippen LogP contribution in [0.5, 0.6) is 0 Å². The predicted molar refractivity (Wildman–Crippen MR) is 69.4 cm³/mol. The van der Waals surface area contributed by atoms with Crippen LogP contribution < -0.4 is 5.32 Å². The van der Waals surface area contributed by atoms with E-state index in [2.05, 4.69) is 5.32 Å². The van der Waals surface area contributed by atoms with Gasteiger partial charge < -0.3 is 15.2 Å². The highest BCUT2D eigenvalue weighted by Gasteiger charge is 2.24. The summed E-state index contributed by atoms with van der Waals surface area (Å²) >= 11 is 0. The van der Waals surface area contributed by atoms with Gasteiger partial charge in [0.15, 0.2) is 0 Å². The molecule has 0 aliphatic heterocycles. The number of carboxylic acids is 1. The average molecular weight is 259 g/mol. The number of carboxylic acid groups (broad SMARTS) is 1. The Morgan fingerprint density at radius 2 is 1.83 bits per heavy atom. The minimum absolute atomic E-state index is 0.00819. The number of carbonyl (C=O) groups excluding carboxylic acids is 1. The zero-order chi connectivity index (χ0) is 14.0. The van der Waals surface area contributed by atoms with Gasteiger partial charge in [-0.15, -0.1) is 0 Å². The molecule has 0 saturated carbocycles. The molecule has 5 nitrogen and oxygen atoms in total. The van der Waals surface area contributed by atoms with Crippen LogP contribution in [0.2, 0.25) is 0 Å². The maximum absolute atomic E-state index is 11.6. The maximum atomic E-state index is 11.6. The molecule has 0 atom stereocenters. The summed E-state index contributed by atoms with van der Waals surface area (Å²) in [6.07, 6.45) is 3.20. The summed E-state index contributed by atoms with van der Waals surface area (Å²) in [6.45, 7) is 4.98. The number of carbonyl (C=O) groups is 2. The summed E-state index contributed by atoms with van der Waals surface area (Å²) in [5, 5.41) is 11.5. The van der Waals surface area contributed by atoms with Crippen molar-refractivity contribution in [2.24, 2.45) is 5.41 Å². The van der Waals surface area contributed by atoms with Gasteiger partial charge in [0.1, 0.15) is 0 Å². The molecular weight excluding hydrogens is 234 g/mol. The lowest BCUT2D eigenvalue weighted by Gasteiger charge is -2.21. The van der Waals surface area contributed by atoms with E-state index >= 15 is 0 Å². The quantitative estimate of drug-likeness (QED) is 0.587. The van der Waals surface area contributed by atoms with Crippen LogP contribution in [0.15, 0.2) is 0 Å². The third-order valence-corrected chi connectivity index (χ3v) is 2.62. The molecule has 0 rings (SSSR count). The zero-order valence-electron chi connectivity index (χ0n) is 11.6. The molecule has 0 heterocycles. The summed E-state index contributed by atoms with van der Waals surface area (Å²) in [6, 6.07) is 0. The van der Waals surface area contributed by atoms with Crippen molar-refractivity contribution in [3.8, 4) is 0 Å². The normalized spacial score (nSPS) is 11.3. The number of ether oxygens (including phenoxy) is 1. The van der Waals surface area contributed by atoms with E-state index in [4.69, 9.17) is 9.84 Å². The number of amides is 1. The summed E-state index contributed by atoms with van der Waals surface area (Å²) in [7, 11) is 1.67. The number of methoxy groups -OCH3 is 1. The first kappa shape index (κ1) is 16.9. The van der Waals surface area contributed by atoms with Crippen LogP contribution in [0.3, 0.4) is 0 Å². The third kappa shape index (κ3) is 10.1. The molecule has 2 N–H and O–H groups in total. The summed E-state index contributed by atoms with van der Waals surface area (Å²) < 4.78 is 4.93. The van der Waals surface area contributed by atoms with Crippen LogP contribution in [0.4, 0.5) is 0 Å². The van der Waals surface area contributed by atoms with Gasteiger partial charge in [-0.3, -0.25) is 9.59 Å². The molecule has 0 radical (unpaired) electrons. The van der Waals surface area contributed by atoms with Crippen molar-refractivity contribution >= 4 is 11.9 Å². The molecule has 0 aromatic heterocycles. The molecular formula is C13H25NO4. The van der Waals surface area contributed by atoms with Crippen molar-refractivity contribution in [3.63, 3.8) is 0 Å². The van der Waals surface area contributed by atoms with E-state index in [1.54, 1.807) is 21.0 Å². The highest BCUT2D eigenvalue weighted by atomic mass is 16.5. The van der Waals surface area contributed by atoms with Gasteiger partial charge in [-0.2, -0.15) is 0 Å². The van der Waals surface area contributed by atoms with Crippen molar-refractivity contribution in [2.75, 3.05) is 20.3 Å². The van der Waals surface area contributed by atoms with Crippen LogP contribution >= 0.6 is 0 Å². The van der Waals surface area contributed by atoms with Gasteiger partial charge in [0, 0.05) is 26.7 Å². The Bertz CT molecular complexity index is 264. The standard InChI is InChI=1S/C13H25NO4/c1-13(2,10-12(16)17)9-11(15)14-7-5-4-6-8-18-3/h4-10H2,1-3H3,(H,14,15)(H,16,17). The van der Waals surface area contributed by atoms with Crippen LogP contribution in [0.25, 0.3) is 0 Å². The van der Waals surface area contributed by atoms with Gasteiger partial charge in [0.2, 0.25) is 5.91 Å². The van der Waals surface area contributed by atoms with Crippen molar-refractivity contribution in [1.82, 2.24) is 5.32 Å². The van der Waals surface area contributed by atoms with Crippen LogP contribution in [0.1, 0.15) is 46.0 Å². The fourth-order valence-electron chi connectivity index (χ4n) is 1.75. The Morgan fingerprint density at radius 1 is 1.17 bits per heavy atom. The fraction of sp³-hybridized carbons (Fsp3) is 0.846. The molecule has 0 aliphatic rings. The van der Waals surface area contributed by atoms with Gasteiger partial charge in [0.25, 0.3) is 0 Å². The summed E-state index contributed by atoms with van der Waals surface area (Å²) in [5.41, 5.74) is -0.494. The predicted octanol–water partition coefficient (Wildman–Crippen LogP) is 1.81. The second-order valence-corrected chi connectivity index (χ2v) is 5.31. The largest absolute Gasteiger partial charge is 0.481 e. The van der Waals surface area contributed by atoms with Crippen molar-refractivity contribution in [2.45, 2.75) is 46.0 Å². The lowest BCUT2D eigenvalue weighted by molar-refractivity contribution is -0.139. The van der Waals surface area contributed by atoms with E-state index in [9.17, 15) is 9.59 Å². The first-order valence-electron chi connectivity index (χ1n) is 6.35. The molecule has 18 heavy (non-hydrogen) atoms. The monoisotopic (exact) mass is 259 g/mol. The molecule has 0 aromatic carbocycles. The highest BCUT2D eigenvalue weighted by molar-refractivity contribution is 5.77. The summed E-state index contributed by atoms with van der Waals surface area (Å²) in [4.78, 5) is 22.2. The van der Waals surface area contributed by atoms with Crippen molar-refractivity contribution in [3.05, 3.63) is 0 Å². The zero-order valence-corrected chi connectivity index (χ0v) is 11.6. The molecule has 0 unspecified atom stereocenters. The molecule has 106 valence electrons. The number of rotatable bonds is 10. The molecule has 0 aliphatic carbocycles. The Hall–Kier alpha value is -1.10. The first-order chi connectivity index (χ1) is 8.37. The SMILES string of the molecule is COCCCCCNC(=O)CC(C)(C)CC(=O)O. The Balaban J connectivity index is 3.67. The smallest absolute Gasteiger partial charge is 0.303 e. The van der Waals surface area contributed by atoms with E-state index in [1.807, 2.05) is 0 Å². The molecule has 0 saturated heterocycles. The Labute approximate surface area is 109 Å². The number of hydrogen-bond donors (Lipinski definition) is 2. The highest BCUT2D eigenvalue weighted by Crippen LogP contribution is 2.24. The molecule has 0 spiro atoms. The Morgan fingerprint density at radius 3 is 2.39 bits per heavy atom. The van der Waals surface area contributed by atoms with Crippen LogP contribution in [-0.2, 0) is 14.3 Å². The second-order valence-electron chi connectivity index (χ2n) is 5.31. The molecule has 1 amide bonds. The van der Waals surface area contributed by atoms with Gasteiger partial charge in [0.05, 0.1) is 6.42 Å². The Kier molecular flexibility index (Phi) is 8.37. The summed E-state index contributed by atoms with van der Waals surface area (Å²) in [5.74, 6) is -0.944. The van der Waals surface area contributed by atoms with E-state index in [-0.39, 0.29) is 18.7 Å². The van der Waals surface area contributed by atoms with E-state index in [1.165, 1.54) is 0 Å². The van der Waals surface area contributed by atoms with Gasteiger partial charge in [-0.05, 0) is 24.7 Å². The third-order valence-electron chi connectivity index (χ3n) is 2.62. The number of unbranched alkanes of at least 4 members (excludes halogenated alkanes) is 2. The van der Waals surface area contributed by atoms with E-state index in [0.717, 1.165) is 25.9 Å². The van der Waals surface area contributed by atoms with Crippen molar-refractivity contribution < 1.29 is 19.4 Å². The van der Waals surface area contributed by atoms with Crippen LogP contribution in [-0.4, -0.2) is 37.2 Å². The van der Waals surface area contributed by atoms with E-state index in [0.29, 0.717) is 6.54 Å².